The SMILES string of the molecule is CC(=O)NC[C@@H]1CCc2ccccc21. The quantitative estimate of drug-likeness (QED) is 0.755. The standard InChI is InChI=1S/C12H15NO/c1-9(14)13-8-11-7-6-10-4-2-3-5-12(10)11/h2-5,11H,6-8H2,1H3,(H,13,14)/t11-/m0/s1. The molecule has 0 spiro atoms. The molecule has 1 aliphatic rings. The van der Waals surface area contributed by atoms with Gasteiger partial charge in [-0.3, -0.25) is 4.79 Å². The molecule has 1 N–H and O–H groups in total. The zero-order valence-electron chi connectivity index (χ0n) is 8.42. The van der Waals surface area contributed by atoms with Crippen LogP contribution >= 0.6 is 0 Å². The molecule has 0 radical (unpaired) electrons. The maximum Gasteiger partial charge on any atom is 0.216 e. The lowest BCUT2D eigenvalue weighted by Gasteiger charge is -2.11. The Kier molecular flexibility index (Phi) is 2.53. The Morgan fingerprint density at radius 2 is 2.29 bits per heavy atom. The van der Waals surface area contributed by atoms with Crippen LogP contribution in [0.25, 0.3) is 0 Å². The second-order valence-electron chi connectivity index (χ2n) is 3.87. The summed E-state index contributed by atoms with van der Waals surface area (Å²) < 4.78 is 0. The molecule has 0 aliphatic heterocycles. The Morgan fingerprint density at radius 1 is 1.50 bits per heavy atom. The molecular formula is C12H15NO. The number of rotatable bonds is 2. The minimum Gasteiger partial charge on any atom is -0.356 e. The molecular weight excluding hydrogens is 174 g/mol. The third kappa shape index (κ3) is 1.79. The first-order valence-electron chi connectivity index (χ1n) is 5.09. The van der Waals surface area contributed by atoms with Crippen LogP contribution in [-0.4, -0.2) is 12.5 Å². The van der Waals surface area contributed by atoms with Crippen LogP contribution in [0.2, 0.25) is 0 Å². The third-order valence-corrected chi connectivity index (χ3v) is 2.85. The Bertz CT molecular complexity index is 346. The first-order valence-corrected chi connectivity index (χ1v) is 5.09. The van der Waals surface area contributed by atoms with E-state index in [4.69, 9.17) is 0 Å². The molecule has 1 aromatic rings. The van der Waals surface area contributed by atoms with Gasteiger partial charge in [-0.15, -0.1) is 0 Å². The summed E-state index contributed by atoms with van der Waals surface area (Å²) >= 11 is 0. The summed E-state index contributed by atoms with van der Waals surface area (Å²) in [4.78, 5) is 10.8. The summed E-state index contributed by atoms with van der Waals surface area (Å²) in [6.45, 7) is 2.35. The number of hydrogen-bond acceptors (Lipinski definition) is 1. The predicted octanol–water partition coefficient (Wildman–Crippen LogP) is 1.85. The van der Waals surface area contributed by atoms with Gasteiger partial charge in [0.25, 0.3) is 0 Å². The highest BCUT2D eigenvalue weighted by atomic mass is 16.1. The zero-order valence-corrected chi connectivity index (χ0v) is 8.42. The van der Waals surface area contributed by atoms with Gasteiger partial charge < -0.3 is 5.32 Å². The van der Waals surface area contributed by atoms with E-state index in [1.807, 2.05) is 0 Å². The molecule has 0 bridgehead atoms. The van der Waals surface area contributed by atoms with Crippen LogP contribution in [0.1, 0.15) is 30.4 Å². The molecule has 1 amide bonds. The Hall–Kier alpha value is -1.31. The van der Waals surface area contributed by atoms with Crippen molar-refractivity contribution in [1.29, 1.82) is 0 Å². The van der Waals surface area contributed by atoms with E-state index < -0.39 is 0 Å². The molecule has 0 fully saturated rings. The van der Waals surface area contributed by atoms with Crippen molar-refractivity contribution >= 4 is 5.91 Å². The van der Waals surface area contributed by atoms with E-state index in [0.29, 0.717) is 5.92 Å². The topological polar surface area (TPSA) is 29.1 Å². The fourth-order valence-corrected chi connectivity index (χ4v) is 2.12. The summed E-state index contributed by atoms with van der Waals surface area (Å²) in [5, 5.41) is 2.89. The van der Waals surface area contributed by atoms with Gasteiger partial charge in [-0.2, -0.15) is 0 Å². The number of aryl methyl sites for hydroxylation is 1. The van der Waals surface area contributed by atoms with Gasteiger partial charge in [0.15, 0.2) is 0 Å². The highest BCUT2D eigenvalue weighted by Gasteiger charge is 2.21. The van der Waals surface area contributed by atoms with Crippen LogP contribution in [0.5, 0.6) is 0 Å². The number of carbonyl (C=O) groups is 1. The smallest absolute Gasteiger partial charge is 0.216 e. The molecule has 2 nitrogen and oxygen atoms in total. The van der Waals surface area contributed by atoms with E-state index in [-0.39, 0.29) is 5.91 Å². The first-order chi connectivity index (χ1) is 6.77. The fraction of sp³-hybridized carbons (Fsp3) is 0.417. The number of benzene rings is 1. The first kappa shape index (κ1) is 9.25. The number of fused-ring (bicyclic) bond motifs is 1. The molecule has 74 valence electrons. The van der Waals surface area contributed by atoms with Crippen molar-refractivity contribution in [3.8, 4) is 0 Å². The van der Waals surface area contributed by atoms with Crippen molar-refractivity contribution in [2.75, 3.05) is 6.54 Å². The van der Waals surface area contributed by atoms with E-state index in [0.717, 1.165) is 13.0 Å². The van der Waals surface area contributed by atoms with Gasteiger partial charge in [0.1, 0.15) is 0 Å². The molecule has 0 aromatic heterocycles. The number of nitrogens with one attached hydrogen (secondary N) is 1. The Balaban J connectivity index is 2.07. The fourth-order valence-electron chi connectivity index (χ4n) is 2.12. The minimum atomic E-state index is 0.0642. The van der Waals surface area contributed by atoms with Crippen LogP contribution in [0.3, 0.4) is 0 Å². The highest BCUT2D eigenvalue weighted by molar-refractivity contribution is 5.72. The summed E-state index contributed by atoms with van der Waals surface area (Å²) in [5.41, 5.74) is 2.86. The van der Waals surface area contributed by atoms with Gasteiger partial charge in [-0.05, 0) is 24.0 Å². The molecule has 0 saturated heterocycles. The van der Waals surface area contributed by atoms with Crippen molar-refractivity contribution in [1.82, 2.24) is 5.32 Å². The van der Waals surface area contributed by atoms with Gasteiger partial charge >= 0.3 is 0 Å². The monoisotopic (exact) mass is 189 g/mol. The summed E-state index contributed by atoms with van der Waals surface area (Å²) in [6.07, 6.45) is 2.32. The maximum absolute atomic E-state index is 10.8. The van der Waals surface area contributed by atoms with Crippen LogP contribution < -0.4 is 5.32 Å². The second-order valence-corrected chi connectivity index (χ2v) is 3.87. The highest BCUT2D eigenvalue weighted by Crippen LogP contribution is 2.31. The van der Waals surface area contributed by atoms with Gasteiger partial charge in [0.05, 0.1) is 0 Å². The van der Waals surface area contributed by atoms with E-state index in [1.165, 1.54) is 17.5 Å². The molecule has 1 atom stereocenters. The third-order valence-electron chi connectivity index (χ3n) is 2.85. The largest absolute Gasteiger partial charge is 0.356 e. The normalized spacial score (nSPS) is 19.1. The molecule has 2 heteroatoms. The minimum absolute atomic E-state index is 0.0642. The summed E-state index contributed by atoms with van der Waals surface area (Å²) in [7, 11) is 0. The molecule has 2 rings (SSSR count). The van der Waals surface area contributed by atoms with E-state index in [9.17, 15) is 4.79 Å². The van der Waals surface area contributed by atoms with Gasteiger partial charge in [0.2, 0.25) is 5.91 Å². The van der Waals surface area contributed by atoms with Gasteiger partial charge in [-0.25, -0.2) is 0 Å². The number of amides is 1. The lowest BCUT2D eigenvalue weighted by Crippen LogP contribution is -2.24. The van der Waals surface area contributed by atoms with Crippen molar-refractivity contribution in [3.05, 3.63) is 35.4 Å². The summed E-state index contributed by atoms with van der Waals surface area (Å²) in [5.74, 6) is 0.587. The van der Waals surface area contributed by atoms with E-state index >= 15 is 0 Å². The Morgan fingerprint density at radius 3 is 3.07 bits per heavy atom. The molecule has 0 unspecified atom stereocenters. The summed E-state index contributed by atoms with van der Waals surface area (Å²) in [6, 6.07) is 8.52. The van der Waals surface area contributed by atoms with Crippen LogP contribution in [0.4, 0.5) is 0 Å². The van der Waals surface area contributed by atoms with Crippen LogP contribution in [0.15, 0.2) is 24.3 Å². The van der Waals surface area contributed by atoms with Crippen molar-refractivity contribution in [2.24, 2.45) is 0 Å². The van der Waals surface area contributed by atoms with Crippen molar-refractivity contribution in [2.45, 2.75) is 25.7 Å². The lowest BCUT2D eigenvalue weighted by molar-refractivity contribution is -0.119. The number of carbonyl (C=O) groups excluding carboxylic acids is 1. The average molecular weight is 189 g/mol. The van der Waals surface area contributed by atoms with E-state index in [2.05, 4.69) is 29.6 Å². The Labute approximate surface area is 84.3 Å². The second kappa shape index (κ2) is 3.82. The van der Waals surface area contributed by atoms with Gasteiger partial charge in [-0.1, -0.05) is 24.3 Å². The predicted molar refractivity (Wildman–Crippen MR) is 56.2 cm³/mol. The molecule has 14 heavy (non-hydrogen) atoms. The molecule has 0 saturated carbocycles. The zero-order chi connectivity index (χ0) is 9.97. The molecule has 1 aromatic carbocycles. The number of hydrogen-bond donors (Lipinski definition) is 1. The van der Waals surface area contributed by atoms with Crippen LogP contribution in [-0.2, 0) is 11.2 Å². The van der Waals surface area contributed by atoms with Crippen LogP contribution in [0, 0.1) is 0 Å². The van der Waals surface area contributed by atoms with Gasteiger partial charge in [0, 0.05) is 19.4 Å². The van der Waals surface area contributed by atoms with Crippen molar-refractivity contribution < 1.29 is 4.79 Å². The molecule has 1 aliphatic carbocycles. The average Bonchev–Trinajstić information content (AvgIpc) is 2.58. The lowest BCUT2D eigenvalue weighted by atomic mass is 10.0. The maximum atomic E-state index is 10.8. The molecule has 0 heterocycles. The van der Waals surface area contributed by atoms with Crippen molar-refractivity contribution in [3.63, 3.8) is 0 Å². The van der Waals surface area contributed by atoms with E-state index in [1.54, 1.807) is 6.92 Å².